The normalized spacial score (nSPS) is 14.1. The van der Waals surface area contributed by atoms with Gasteiger partial charge in [-0.2, -0.15) is 0 Å². The third kappa shape index (κ3) is 4.74. The van der Waals surface area contributed by atoms with E-state index in [1.165, 1.54) is 28.6 Å². The highest BCUT2D eigenvalue weighted by Gasteiger charge is 2.22. The van der Waals surface area contributed by atoms with E-state index < -0.39 is 0 Å². The van der Waals surface area contributed by atoms with Gasteiger partial charge in [-0.05, 0) is 57.4 Å². The van der Waals surface area contributed by atoms with Crippen molar-refractivity contribution < 1.29 is 9.53 Å². The van der Waals surface area contributed by atoms with E-state index in [-0.39, 0.29) is 23.4 Å². The second-order valence-corrected chi connectivity index (χ2v) is 9.78. The van der Waals surface area contributed by atoms with Crippen LogP contribution in [0.2, 0.25) is 0 Å². The van der Waals surface area contributed by atoms with Crippen LogP contribution >= 0.6 is 23.1 Å². The van der Waals surface area contributed by atoms with Crippen molar-refractivity contribution in [3.05, 3.63) is 20.8 Å². The first-order valence-corrected chi connectivity index (χ1v) is 11.5. The molecular weight excluding hydrogens is 380 g/mol. The number of carbonyl (C=O) groups is 1. The highest BCUT2D eigenvalue weighted by molar-refractivity contribution is 7.99. The zero-order valence-electron chi connectivity index (χ0n) is 16.5. The summed E-state index contributed by atoms with van der Waals surface area (Å²) < 4.78 is 7.00. The molecule has 0 aliphatic heterocycles. The quantitative estimate of drug-likeness (QED) is 0.385. The van der Waals surface area contributed by atoms with Gasteiger partial charge in [0.1, 0.15) is 4.83 Å². The number of aryl methyl sites for hydroxylation is 2. The van der Waals surface area contributed by atoms with E-state index in [9.17, 15) is 9.59 Å². The Labute approximate surface area is 168 Å². The molecule has 0 atom stereocenters. The molecule has 0 saturated heterocycles. The van der Waals surface area contributed by atoms with Crippen molar-refractivity contribution in [1.29, 1.82) is 0 Å². The first-order valence-electron chi connectivity index (χ1n) is 9.74. The lowest BCUT2D eigenvalue weighted by Gasteiger charge is -2.14. The van der Waals surface area contributed by atoms with E-state index in [1.54, 1.807) is 15.9 Å². The molecule has 0 radical (unpaired) electrons. The standard InChI is InChI=1S/C20H28N2O3S2/c1-12(2)9-10-22-19(24)17-14-7-5-6-8-15(14)27-18(17)21-20(22)26-11-16(23)25-13(3)4/h12-13H,5-11H2,1-4H3. The first-order chi connectivity index (χ1) is 12.9. The van der Waals surface area contributed by atoms with Crippen LogP contribution in [0.1, 0.15) is 57.4 Å². The van der Waals surface area contributed by atoms with Gasteiger partial charge in [0.25, 0.3) is 5.56 Å². The summed E-state index contributed by atoms with van der Waals surface area (Å²) in [5.41, 5.74) is 1.27. The summed E-state index contributed by atoms with van der Waals surface area (Å²) in [4.78, 5) is 32.2. The van der Waals surface area contributed by atoms with E-state index in [2.05, 4.69) is 13.8 Å². The SMILES string of the molecule is CC(C)CCn1c(SCC(=O)OC(C)C)nc2sc3c(c2c1=O)CCCC3. The van der Waals surface area contributed by atoms with Gasteiger partial charge >= 0.3 is 5.97 Å². The maximum Gasteiger partial charge on any atom is 0.316 e. The number of ether oxygens (including phenoxy) is 1. The minimum atomic E-state index is -0.273. The van der Waals surface area contributed by atoms with Gasteiger partial charge in [-0.15, -0.1) is 11.3 Å². The van der Waals surface area contributed by atoms with Gasteiger partial charge in [0.15, 0.2) is 5.16 Å². The van der Waals surface area contributed by atoms with Gasteiger partial charge in [0, 0.05) is 11.4 Å². The minimum Gasteiger partial charge on any atom is -0.462 e. The predicted molar refractivity (Wildman–Crippen MR) is 112 cm³/mol. The fourth-order valence-corrected chi connectivity index (χ4v) is 5.45. The van der Waals surface area contributed by atoms with Crippen LogP contribution in [-0.2, 0) is 28.9 Å². The molecule has 1 aliphatic carbocycles. The largest absolute Gasteiger partial charge is 0.462 e. The Morgan fingerprint density at radius 3 is 2.70 bits per heavy atom. The Morgan fingerprint density at radius 2 is 2.00 bits per heavy atom. The van der Waals surface area contributed by atoms with Gasteiger partial charge < -0.3 is 4.74 Å². The van der Waals surface area contributed by atoms with Crippen molar-refractivity contribution in [2.45, 2.75) is 77.6 Å². The Hall–Kier alpha value is -1.34. The van der Waals surface area contributed by atoms with E-state index in [0.717, 1.165) is 35.9 Å². The zero-order chi connectivity index (χ0) is 19.6. The molecule has 1 aliphatic rings. The average Bonchev–Trinajstić information content (AvgIpc) is 2.97. The van der Waals surface area contributed by atoms with Crippen molar-refractivity contribution in [1.82, 2.24) is 9.55 Å². The lowest BCUT2D eigenvalue weighted by Crippen LogP contribution is -2.25. The number of thioether (sulfide) groups is 1. The van der Waals surface area contributed by atoms with Gasteiger partial charge in [0.2, 0.25) is 0 Å². The number of hydrogen-bond acceptors (Lipinski definition) is 6. The maximum atomic E-state index is 13.3. The smallest absolute Gasteiger partial charge is 0.316 e. The maximum absolute atomic E-state index is 13.3. The van der Waals surface area contributed by atoms with Gasteiger partial charge in [-0.25, -0.2) is 4.98 Å². The van der Waals surface area contributed by atoms with Crippen LogP contribution in [0, 0.1) is 5.92 Å². The fourth-order valence-electron chi connectivity index (χ4n) is 3.33. The minimum absolute atomic E-state index is 0.0553. The number of aromatic nitrogens is 2. The molecule has 0 amide bonds. The lowest BCUT2D eigenvalue weighted by molar-refractivity contribution is -0.144. The van der Waals surface area contributed by atoms with Crippen molar-refractivity contribution in [3.63, 3.8) is 0 Å². The van der Waals surface area contributed by atoms with E-state index in [4.69, 9.17) is 9.72 Å². The molecule has 0 saturated carbocycles. The Balaban J connectivity index is 1.98. The van der Waals surface area contributed by atoms with Gasteiger partial charge in [0.05, 0.1) is 17.2 Å². The van der Waals surface area contributed by atoms with Crippen molar-refractivity contribution in [2.75, 3.05) is 5.75 Å². The summed E-state index contributed by atoms with van der Waals surface area (Å²) in [6.45, 7) is 8.60. The molecule has 2 heterocycles. The molecule has 0 unspecified atom stereocenters. The fraction of sp³-hybridized carbons (Fsp3) is 0.650. The molecule has 7 heteroatoms. The molecule has 2 aromatic rings. The first kappa shape index (κ1) is 20.4. The summed E-state index contributed by atoms with van der Waals surface area (Å²) >= 11 is 2.96. The van der Waals surface area contributed by atoms with Gasteiger partial charge in [-0.3, -0.25) is 14.2 Å². The molecule has 5 nitrogen and oxygen atoms in total. The van der Waals surface area contributed by atoms with Crippen molar-refractivity contribution in [2.24, 2.45) is 5.92 Å². The van der Waals surface area contributed by atoms with Crippen LogP contribution in [0.25, 0.3) is 10.2 Å². The molecule has 0 spiro atoms. The van der Waals surface area contributed by atoms with E-state index in [1.807, 2.05) is 13.8 Å². The van der Waals surface area contributed by atoms with Crippen LogP contribution in [0.5, 0.6) is 0 Å². The van der Waals surface area contributed by atoms with Gasteiger partial charge in [-0.1, -0.05) is 25.6 Å². The number of carbonyl (C=O) groups excluding carboxylic acids is 1. The number of fused-ring (bicyclic) bond motifs is 3. The highest BCUT2D eigenvalue weighted by atomic mass is 32.2. The summed E-state index contributed by atoms with van der Waals surface area (Å²) in [6, 6.07) is 0. The molecule has 27 heavy (non-hydrogen) atoms. The summed E-state index contributed by atoms with van der Waals surface area (Å²) in [5, 5.41) is 1.44. The van der Waals surface area contributed by atoms with Crippen LogP contribution in [-0.4, -0.2) is 27.4 Å². The molecule has 0 N–H and O–H groups in total. The molecule has 3 rings (SSSR count). The second-order valence-electron chi connectivity index (χ2n) is 7.75. The Bertz CT molecular complexity index is 883. The molecule has 0 aromatic carbocycles. The van der Waals surface area contributed by atoms with Crippen LogP contribution in [0.4, 0.5) is 0 Å². The van der Waals surface area contributed by atoms with Crippen LogP contribution in [0.15, 0.2) is 9.95 Å². The number of hydrogen-bond donors (Lipinski definition) is 0. The van der Waals surface area contributed by atoms with Crippen molar-refractivity contribution >= 4 is 39.3 Å². The highest BCUT2D eigenvalue weighted by Crippen LogP contribution is 2.34. The molecule has 2 aromatic heterocycles. The Kier molecular flexibility index (Phi) is 6.63. The monoisotopic (exact) mass is 408 g/mol. The molecule has 148 valence electrons. The average molecular weight is 409 g/mol. The number of thiophene rings is 1. The predicted octanol–water partition coefficient (Wildman–Crippen LogP) is 4.43. The third-order valence-corrected chi connectivity index (χ3v) is 6.79. The van der Waals surface area contributed by atoms with E-state index >= 15 is 0 Å². The summed E-state index contributed by atoms with van der Waals surface area (Å²) in [6.07, 6.45) is 5.12. The number of esters is 1. The zero-order valence-corrected chi connectivity index (χ0v) is 18.2. The third-order valence-electron chi connectivity index (χ3n) is 4.66. The summed E-state index contributed by atoms with van der Waals surface area (Å²) in [7, 11) is 0. The number of rotatable bonds is 7. The number of nitrogens with zero attached hydrogens (tertiary/aromatic N) is 2. The summed E-state index contributed by atoms with van der Waals surface area (Å²) in [5.74, 6) is 0.390. The molecular formula is C20H28N2O3S2. The van der Waals surface area contributed by atoms with Crippen LogP contribution in [0.3, 0.4) is 0 Å². The topological polar surface area (TPSA) is 61.2 Å². The van der Waals surface area contributed by atoms with Crippen LogP contribution < -0.4 is 5.56 Å². The van der Waals surface area contributed by atoms with Crippen molar-refractivity contribution in [3.8, 4) is 0 Å². The molecule has 0 fully saturated rings. The lowest BCUT2D eigenvalue weighted by atomic mass is 9.97. The van der Waals surface area contributed by atoms with E-state index in [0.29, 0.717) is 17.6 Å². The second kappa shape index (κ2) is 8.78. The molecule has 0 bridgehead atoms. The Morgan fingerprint density at radius 1 is 1.26 bits per heavy atom.